The van der Waals surface area contributed by atoms with Gasteiger partial charge in [-0.1, -0.05) is 0 Å². The molecule has 114 valence electrons. The number of ether oxygens (including phenoxy) is 1. The number of likely N-dealkylation sites (N-methyl/N-ethyl adjacent to an activating group) is 1. The van der Waals surface area contributed by atoms with Crippen molar-refractivity contribution in [1.82, 2.24) is 4.31 Å². The zero-order valence-corrected chi connectivity index (χ0v) is 13.2. The average Bonchev–Trinajstić information content (AvgIpc) is 2.91. The van der Waals surface area contributed by atoms with Crippen molar-refractivity contribution < 1.29 is 17.6 Å². The summed E-state index contributed by atoms with van der Waals surface area (Å²) in [5, 5.41) is 0. The number of nitrogens with two attached hydrogens (primary N) is 1. The fourth-order valence-electron chi connectivity index (χ4n) is 2.80. The number of furan rings is 1. The summed E-state index contributed by atoms with van der Waals surface area (Å²) in [5.74, 6) is 0.953. The number of sulfonamides is 1. The Morgan fingerprint density at radius 2 is 2.00 bits per heavy atom. The molecule has 2 unspecified atom stereocenters. The fraction of sp³-hybridized carbons (Fsp3) is 0.692. The maximum Gasteiger partial charge on any atom is 0.246 e. The molecule has 7 heteroatoms. The normalized spacial score (nSPS) is 23.7. The highest BCUT2D eigenvalue weighted by Crippen LogP contribution is 2.31. The Morgan fingerprint density at radius 1 is 1.35 bits per heavy atom. The van der Waals surface area contributed by atoms with Gasteiger partial charge in [-0.15, -0.1) is 0 Å². The molecule has 6 nitrogen and oxygen atoms in total. The molecular formula is C13H22N2O4S. The summed E-state index contributed by atoms with van der Waals surface area (Å²) < 4.78 is 38.0. The van der Waals surface area contributed by atoms with E-state index < -0.39 is 10.0 Å². The lowest BCUT2D eigenvalue weighted by Crippen LogP contribution is -2.41. The lowest BCUT2D eigenvalue weighted by atomic mass is 10.2. The maximum absolute atomic E-state index is 12.8. The molecule has 1 aliphatic heterocycles. The third-order valence-electron chi connectivity index (χ3n) is 3.97. The van der Waals surface area contributed by atoms with Crippen LogP contribution in [0.4, 0.5) is 0 Å². The van der Waals surface area contributed by atoms with Gasteiger partial charge in [0.15, 0.2) is 0 Å². The maximum atomic E-state index is 12.8. The minimum Gasteiger partial charge on any atom is -0.465 e. The Balaban J connectivity index is 2.45. The Labute approximate surface area is 119 Å². The van der Waals surface area contributed by atoms with Gasteiger partial charge >= 0.3 is 0 Å². The first-order valence-corrected chi connectivity index (χ1v) is 8.13. The topological polar surface area (TPSA) is 85.8 Å². The van der Waals surface area contributed by atoms with Gasteiger partial charge in [-0.3, -0.25) is 0 Å². The third kappa shape index (κ3) is 2.39. The number of nitrogens with zero attached hydrogens (tertiary/aromatic N) is 1. The summed E-state index contributed by atoms with van der Waals surface area (Å²) in [5.41, 5.74) is 6.23. The van der Waals surface area contributed by atoms with Crippen LogP contribution in [-0.2, 0) is 21.3 Å². The van der Waals surface area contributed by atoms with Gasteiger partial charge in [0.05, 0.1) is 12.1 Å². The predicted octanol–water partition coefficient (Wildman–Crippen LogP) is 1.15. The van der Waals surface area contributed by atoms with Crippen molar-refractivity contribution in [1.29, 1.82) is 0 Å². The van der Waals surface area contributed by atoms with E-state index in [4.69, 9.17) is 14.9 Å². The lowest BCUT2D eigenvalue weighted by molar-refractivity contribution is 0.102. The molecule has 20 heavy (non-hydrogen) atoms. The van der Waals surface area contributed by atoms with Gasteiger partial charge in [0.25, 0.3) is 0 Å². The highest BCUT2D eigenvalue weighted by Gasteiger charge is 2.38. The van der Waals surface area contributed by atoms with Crippen molar-refractivity contribution in [2.24, 2.45) is 5.73 Å². The van der Waals surface area contributed by atoms with Crippen LogP contribution in [0.3, 0.4) is 0 Å². The van der Waals surface area contributed by atoms with E-state index in [1.165, 1.54) is 4.31 Å². The fourth-order valence-corrected chi connectivity index (χ4v) is 4.67. The molecule has 0 bridgehead atoms. The van der Waals surface area contributed by atoms with Crippen LogP contribution in [0.5, 0.6) is 0 Å². The third-order valence-corrected chi connectivity index (χ3v) is 6.05. The molecule has 1 saturated heterocycles. The van der Waals surface area contributed by atoms with Crippen LogP contribution < -0.4 is 5.73 Å². The van der Waals surface area contributed by atoms with Gasteiger partial charge in [0.2, 0.25) is 10.0 Å². The first-order chi connectivity index (χ1) is 9.30. The van der Waals surface area contributed by atoms with Gasteiger partial charge in [-0.25, -0.2) is 8.42 Å². The van der Waals surface area contributed by atoms with Crippen LogP contribution in [-0.4, -0.2) is 38.5 Å². The van der Waals surface area contributed by atoms with E-state index in [0.717, 1.165) is 0 Å². The van der Waals surface area contributed by atoms with Crippen molar-refractivity contribution in [3.63, 3.8) is 0 Å². The largest absolute Gasteiger partial charge is 0.465 e. The first kappa shape index (κ1) is 15.5. The van der Waals surface area contributed by atoms with E-state index in [0.29, 0.717) is 30.1 Å². The minimum absolute atomic E-state index is 0.107. The summed E-state index contributed by atoms with van der Waals surface area (Å²) in [6, 6.07) is -0.153. The van der Waals surface area contributed by atoms with Crippen molar-refractivity contribution in [3.8, 4) is 0 Å². The smallest absolute Gasteiger partial charge is 0.246 e. The molecule has 2 atom stereocenters. The van der Waals surface area contributed by atoms with Crippen LogP contribution in [0.25, 0.3) is 0 Å². The van der Waals surface area contributed by atoms with E-state index in [-0.39, 0.29) is 23.6 Å². The molecule has 2 N–H and O–H groups in total. The van der Waals surface area contributed by atoms with Gasteiger partial charge in [0.1, 0.15) is 16.4 Å². The summed E-state index contributed by atoms with van der Waals surface area (Å²) in [4.78, 5) is 0.208. The van der Waals surface area contributed by atoms with Crippen molar-refractivity contribution in [3.05, 3.63) is 17.1 Å². The molecule has 2 rings (SSSR count). The van der Waals surface area contributed by atoms with Gasteiger partial charge in [0, 0.05) is 25.8 Å². The van der Waals surface area contributed by atoms with Crippen LogP contribution in [0.2, 0.25) is 0 Å². The van der Waals surface area contributed by atoms with Crippen LogP contribution >= 0.6 is 0 Å². The second-order valence-corrected chi connectivity index (χ2v) is 7.11. The molecular weight excluding hydrogens is 280 g/mol. The Bertz CT molecular complexity index is 594. The molecule has 0 aromatic carbocycles. The SMILES string of the molecule is Cc1oc(C)c(S(=O)(=O)N(C)C2CCOC2C)c1CN. The quantitative estimate of drug-likeness (QED) is 0.902. The molecule has 0 amide bonds. The standard InChI is InChI=1S/C13H22N2O4S/c1-8-11(7-14)13(10(3)19-8)20(16,17)15(4)12-5-6-18-9(12)2/h9,12H,5-7,14H2,1-4H3. The number of aryl methyl sites for hydroxylation is 2. The average molecular weight is 302 g/mol. The van der Waals surface area contributed by atoms with Crippen LogP contribution in [0.1, 0.15) is 30.4 Å². The summed E-state index contributed by atoms with van der Waals surface area (Å²) in [6.45, 7) is 6.00. The van der Waals surface area contributed by atoms with Crippen molar-refractivity contribution >= 4 is 10.0 Å². The summed E-state index contributed by atoms with van der Waals surface area (Å²) in [7, 11) is -2.04. The van der Waals surface area contributed by atoms with E-state index in [9.17, 15) is 8.42 Å². The molecule has 1 fully saturated rings. The molecule has 0 radical (unpaired) electrons. The number of rotatable bonds is 4. The van der Waals surface area contributed by atoms with Gasteiger partial charge in [-0.05, 0) is 27.2 Å². The van der Waals surface area contributed by atoms with E-state index >= 15 is 0 Å². The van der Waals surface area contributed by atoms with Crippen molar-refractivity contribution in [2.75, 3.05) is 13.7 Å². The zero-order valence-electron chi connectivity index (χ0n) is 12.3. The van der Waals surface area contributed by atoms with E-state index in [1.807, 2.05) is 6.92 Å². The monoisotopic (exact) mass is 302 g/mol. The first-order valence-electron chi connectivity index (χ1n) is 6.69. The summed E-state index contributed by atoms with van der Waals surface area (Å²) in [6.07, 6.45) is 0.592. The van der Waals surface area contributed by atoms with Gasteiger partial charge < -0.3 is 14.9 Å². The predicted molar refractivity (Wildman–Crippen MR) is 74.8 cm³/mol. The summed E-state index contributed by atoms with van der Waals surface area (Å²) >= 11 is 0. The molecule has 1 aliphatic rings. The molecule has 1 aromatic heterocycles. The van der Waals surface area contributed by atoms with Gasteiger partial charge in [-0.2, -0.15) is 4.31 Å². The number of hydrogen-bond acceptors (Lipinski definition) is 5. The van der Waals surface area contributed by atoms with Crippen LogP contribution in [0.15, 0.2) is 9.31 Å². The number of hydrogen-bond donors (Lipinski definition) is 1. The molecule has 0 saturated carbocycles. The van der Waals surface area contributed by atoms with Crippen LogP contribution in [0, 0.1) is 13.8 Å². The molecule has 0 aliphatic carbocycles. The van der Waals surface area contributed by atoms with E-state index in [2.05, 4.69) is 0 Å². The van der Waals surface area contributed by atoms with Crippen molar-refractivity contribution in [2.45, 2.75) is 50.8 Å². The second-order valence-electron chi connectivity index (χ2n) is 5.18. The zero-order chi connectivity index (χ0) is 15.1. The Morgan fingerprint density at radius 3 is 2.50 bits per heavy atom. The molecule has 2 heterocycles. The second kappa shape index (κ2) is 5.48. The molecule has 0 spiro atoms. The minimum atomic E-state index is -3.63. The highest BCUT2D eigenvalue weighted by atomic mass is 32.2. The molecule has 1 aromatic rings. The lowest BCUT2D eigenvalue weighted by Gasteiger charge is -2.26. The highest BCUT2D eigenvalue weighted by molar-refractivity contribution is 7.89. The van der Waals surface area contributed by atoms with E-state index in [1.54, 1.807) is 20.9 Å². The Kier molecular flexibility index (Phi) is 4.24. The Hall–Kier alpha value is -0.890.